The molecular weight excluding hydrogens is 284 g/mol. The Morgan fingerprint density at radius 1 is 1.04 bits per heavy atom. The summed E-state index contributed by atoms with van der Waals surface area (Å²) in [6.45, 7) is 6.44. The molecule has 0 unspecified atom stereocenters. The van der Waals surface area contributed by atoms with Gasteiger partial charge >= 0.3 is 0 Å². The molecule has 23 heavy (non-hydrogen) atoms. The minimum Gasteiger partial charge on any atom is -0.337 e. The molecule has 1 saturated heterocycles. The molecule has 1 fully saturated rings. The number of H-pyrrole nitrogens is 1. The fourth-order valence-electron chi connectivity index (χ4n) is 3.41. The van der Waals surface area contributed by atoms with E-state index in [9.17, 15) is 0 Å². The first-order chi connectivity index (χ1) is 11.3. The van der Waals surface area contributed by atoms with Crippen molar-refractivity contribution in [1.82, 2.24) is 14.9 Å². The Bertz CT molecular complexity index is 747. The molecule has 2 heterocycles. The van der Waals surface area contributed by atoms with Crippen molar-refractivity contribution in [2.45, 2.75) is 19.5 Å². The van der Waals surface area contributed by atoms with Crippen molar-refractivity contribution in [3.8, 4) is 0 Å². The zero-order valence-corrected chi connectivity index (χ0v) is 13.4. The van der Waals surface area contributed by atoms with E-state index in [2.05, 4.69) is 64.2 Å². The van der Waals surface area contributed by atoms with Gasteiger partial charge in [0.25, 0.3) is 0 Å². The van der Waals surface area contributed by atoms with Crippen LogP contribution in [0.1, 0.15) is 12.5 Å². The number of aromatic nitrogens is 2. The maximum atomic E-state index is 4.75. The van der Waals surface area contributed by atoms with E-state index in [-0.39, 0.29) is 0 Å². The quantitative estimate of drug-likeness (QED) is 0.806. The van der Waals surface area contributed by atoms with Crippen LogP contribution in [-0.4, -0.2) is 40.5 Å². The number of benzene rings is 2. The molecule has 0 amide bonds. The van der Waals surface area contributed by atoms with E-state index in [1.165, 1.54) is 5.56 Å². The number of hydrogen-bond acceptors (Lipinski definition) is 3. The van der Waals surface area contributed by atoms with Crippen molar-refractivity contribution in [3.05, 3.63) is 60.2 Å². The van der Waals surface area contributed by atoms with Gasteiger partial charge < -0.3 is 9.88 Å². The number of aromatic amines is 1. The van der Waals surface area contributed by atoms with Crippen LogP contribution in [0.2, 0.25) is 0 Å². The molecule has 1 aliphatic rings. The van der Waals surface area contributed by atoms with Gasteiger partial charge in [-0.2, -0.15) is 0 Å². The molecule has 118 valence electrons. The summed E-state index contributed by atoms with van der Waals surface area (Å²) in [6.07, 6.45) is 0. The molecule has 4 heteroatoms. The van der Waals surface area contributed by atoms with Gasteiger partial charge in [-0.25, -0.2) is 4.98 Å². The number of hydrogen-bond donors (Lipinski definition) is 1. The van der Waals surface area contributed by atoms with Crippen LogP contribution in [0, 0.1) is 0 Å². The number of para-hydroxylation sites is 2. The number of anilines is 1. The average molecular weight is 306 g/mol. The summed E-state index contributed by atoms with van der Waals surface area (Å²) in [6, 6.07) is 19.4. The smallest absolute Gasteiger partial charge is 0.204 e. The zero-order valence-electron chi connectivity index (χ0n) is 13.4. The van der Waals surface area contributed by atoms with Gasteiger partial charge in [0.1, 0.15) is 0 Å². The van der Waals surface area contributed by atoms with Crippen LogP contribution in [-0.2, 0) is 6.54 Å². The van der Waals surface area contributed by atoms with Crippen LogP contribution in [0.4, 0.5) is 5.95 Å². The van der Waals surface area contributed by atoms with Crippen molar-refractivity contribution in [1.29, 1.82) is 0 Å². The van der Waals surface area contributed by atoms with Gasteiger partial charge in [-0.05, 0) is 24.6 Å². The Morgan fingerprint density at radius 3 is 2.61 bits per heavy atom. The summed E-state index contributed by atoms with van der Waals surface area (Å²) >= 11 is 0. The standard InChI is InChI=1S/C19H22N4/c1-15-13-22(14-16-7-3-2-4-8-16)11-12-23(15)19-20-17-9-5-6-10-18(17)21-19/h2-10,15H,11-14H2,1H3,(H,20,21)/t15-/m1/s1. The molecule has 0 radical (unpaired) electrons. The third kappa shape index (κ3) is 2.94. The second-order valence-electron chi connectivity index (χ2n) is 6.34. The summed E-state index contributed by atoms with van der Waals surface area (Å²) in [5.74, 6) is 0.998. The van der Waals surface area contributed by atoms with E-state index in [0.717, 1.165) is 43.2 Å². The van der Waals surface area contributed by atoms with E-state index in [1.807, 2.05) is 12.1 Å². The van der Waals surface area contributed by atoms with Crippen LogP contribution in [0.15, 0.2) is 54.6 Å². The van der Waals surface area contributed by atoms with Gasteiger partial charge in [-0.1, -0.05) is 42.5 Å². The summed E-state index contributed by atoms with van der Waals surface area (Å²) in [4.78, 5) is 13.1. The Balaban J connectivity index is 1.46. The Morgan fingerprint density at radius 2 is 1.83 bits per heavy atom. The largest absolute Gasteiger partial charge is 0.337 e. The third-order valence-corrected chi connectivity index (χ3v) is 4.61. The number of rotatable bonds is 3. The molecule has 3 aromatic rings. The highest BCUT2D eigenvalue weighted by Crippen LogP contribution is 2.22. The topological polar surface area (TPSA) is 35.2 Å². The average Bonchev–Trinajstić information content (AvgIpc) is 2.99. The van der Waals surface area contributed by atoms with E-state index in [4.69, 9.17) is 4.98 Å². The highest BCUT2D eigenvalue weighted by molar-refractivity contribution is 5.77. The molecule has 1 aromatic heterocycles. The SMILES string of the molecule is C[C@@H]1CN(Cc2ccccc2)CCN1c1nc2ccccc2[nH]1. The maximum Gasteiger partial charge on any atom is 0.204 e. The monoisotopic (exact) mass is 306 g/mol. The summed E-state index contributed by atoms with van der Waals surface area (Å²) in [5.41, 5.74) is 3.54. The molecule has 4 rings (SSSR count). The molecule has 0 bridgehead atoms. The van der Waals surface area contributed by atoms with Gasteiger partial charge in [-0.15, -0.1) is 0 Å². The number of imidazole rings is 1. The first kappa shape index (κ1) is 14.3. The highest BCUT2D eigenvalue weighted by Gasteiger charge is 2.25. The van der Waals surface area contributed by atoms with Crippen molar-refractivity contribution >= 4 is 17.0 Å². The number of nitrogens with one attached hydrogen (secondary N) is 1. The highest BCUT2D eigenvalue weighted by atomic mass is 15.3. The van der Waals surface area contributed by atoms with Crippen LogP contribution in [0.5, 0.6) is 0 Å². The Labute approximate surface area is 136 Å². The molecule has 0 spiro atoms. The van der Waals surface area contributed by atoms with Gasteiger partial charge in [0.15, 0.2) is 0 Å². The molecule has 1 atom stereocenters. The predicted molar refractivity (Wildman–Crippen MR) is 94.6 cm³/mol. The minimum atomic E-state index is 0.452. The normalized spacial score (nSPS) is 19.3. The molecule has 1 aliphatic heterocycles. The summed E-state index contributed by atoms with van der Waals surface area (Å²) in [7, 11) is 0. The third-order valence-electron chi connectivity index (χ3n) is 4.61. The Hall–Kier alpha value is -2.33. The second kappa shape index (κ2) is 6.05. The lowest BCUT2D eigenvalue weighted by Crippen LogP contribution is -2.52. The van der Waals surface area contributed by atoms with Crippen molar-refractivity contribution in [3.63, 3.8) is 0 Å². The van der Waals surface area contributed by atoms with E-state index >= 15 is 0 Å². The molecule has 2 aromatic carbocycles. The maximum absolute atomic E-state index is 4.75. The van der Waals surface area contributed by atoms with Crippen molar-refractivity contribution in [2.24, 2.45) is 0 Å². The van der Waals surface area contributed by atoms with E-state index < -0.39 is 0 Å². The van der Waals surface area contributed by atoms with Gasteiger partial charge in [0.05, 0.1) is 11.0 Å². The lowest BCUT2D eigenvalue weighted by Gasteiger charge is -2.39. The van der Waals surface area contributed by atoms with Gasteiger partial charge in [-0.3, -0.25) is 4.90 Å². The molecular formula is C19H22N4. The first-order valence-electron chi connectivity index (χ1n) is 8.27. The number of fused-ring (bicyclic) bond motifs is 1. The lowest BCUT2D eigenvalue weighted by atomic mass is 10.1. The van der Waals surface area contributed by atoms with Crippen molar-refractivity contribution < 1.29 is 0 Å². The first-order valence-corrected chi connectivity index (χ1v) is 8.27. The fourth-order valence-corrected chi connectivity index (χ4v) is 3.41. The molecule has 4 nitrogen and oxygen atoms in total. The Kier molecular flexibility index (Phi) is 3.75. The van der Waals surface area contributed by atoms with E-state index in [1.54, 1.807) is 0 Å². The van der Waals surface area contributed by atoms with E-state index in [0.29, 0.717) is 6.04 Å². The molecule has 0 aliphatic carbocycles. The van der Waals surface area contributed by atoms with Crippen LogP contribution < -0.4 is 4.90 Å². The molecule has 1 N–H and O–H groups in total. The fraction of sp³-hybridized carbons (Fsp3) is 0.316. The van der Waals surface area contributed by atoms with Gasteiger partial charge in [0.2, 0.25) is 5.95 Å². The van der Waals surface area contributed by atoms with Crippen LogP contribution in [0.3, 0.4) is 0 Å². The zero-order chi connectivity index (χ0) is 15.6. The second-order valence-corrected chi connectivity index (χ2v) is 6.34. The van der Waals surface area contributed by atoms with Crippen LogP contribution in [0.25, 0.3) is 11.0 Å². The van der Waals surface area contributed by atoms with Crippen LogP contribution >= 0.6 is 0 Å². The minimum absolute atomic E-state index is 0.452. The molecule has 0 saturated carbocycles. The van der Waals surface area contributed by atoms with Gasteiger partial charge in [0, 0.05) is 32.2 Å². The summed E-state index contributed by atoms with van der Waals surface area (Å²) < 4.78 is 0. The summed E-state index contributed by atoms with van der Waals surface area (Å²) in [5, 5.41) is 0. The van der Waals surface area contributed by atoms with Crippen molar-refractivity contribution in [2.75, 3.05) is 24.5 Å². The number of piperazine rings is 1. The lowest BCUT2D eigenvalue weighted by molar-refractivity contribution is 0.220. The predicted octanol–water partition coefficient (Wildman–Crippen LogP) is 3.27. The number of nitrogens with zero attached hydrogens (tertiary/aromatic N) is 3.